The van der Waals surface area contributed by atoms with E-state index in [1.807, 2.05) is 80.7 Å². The first kappa shape index (κ1) is 23.7. The average Bonchev–Trinajstić information content (AvgIpc) is 2.79. The molecule has 0 atom stereocenters. The highest BCUT2D eigenvalue weighted by Crippen LogP contribution is 2.18. The van der Waals surface area contributed by atoms with Gasteiger partial charge in [-0.05, 0) is 56.7 Å². The summed E-state index contributed by atoms with van der Waals surface area (Å²) >= 11 is 0. The maximum Gasteiger partial charge on any atom is 0.0379 e. The Bertz CT molecular complexity index is 825. The number of nitrogens with one attached hydrogen (secondary N) is 1. The Labute approximate surface area is 177 Å². The molecule has 29 heavy (non-hydrogen) atoms. The van der Waals surface area contributed by atoms with Crippen molar-refractivity contribution >= 4 is 5.69 Å². The van der Waals surface area contributed by atoms with Crippen LogP contribution in [0.2, 0.25) is 0 Å². The maximum absolute atomic E-state index is 3.63. The zero-order valence-corrected chi connectivity index (χ0v) is 17.9. The Kier molecular flexibility index (Phi) is 12.8. The van der Waals surface area contributed by atoms with E-state index in [2.05, 4.69) is 67.4 Å². The van der Waals surface area contributed by atoms with E-state index < -0.39 is 0 Å². The predicted octanol–water partition coefficient (Wildman–Crippen LogP) is 8.43. The summed E-state index contributed by atoms with van der Waals surface area (Å²) in [4.78, 5) is 0. The van der Waals surface area contributed by atoms with Gasteiger partial charge in [-0.1, -0.05) is 103 Å². The second-order valence-electron chi connectivity index (χ2n) is 6.34. The molecule has 0 bridgehead atoms. The molecule has 0 aliphatic heterocycles. The molecule has 0 unspecified atom stereocenters. The Morgan fingerprint density at radius 1 is 0.724 bits per heavy atom. The zero-order valence-electron chi connectivity index (χ0n) is 17.9. The van der Waals surface area contributed by atoms with Gasteiger partial charge in [-0.15, -0.1) is 6.58 Å². The highest BCUT2D eigenvalue weighted by atomic mass is 14.8. The van der Waals surface area contributed by atoms with Crippen molar-refractivity contribution in [3.05, 3.63) is 128 Å². The molecule has 0 spiro atoms. The van der Waals surface area contributed by atoms with Crippen LogP contribution in [0.4, 0.5) is 5.69 Å². The molecule has 3 aromatic carbocycles. The minimum atomic E-state index is 0.903. The number of hydrogen-bond acceptors (Lipinski definition) is 1. The lowest BCUT2D eigenvalue weighted by molar-refractivity contribution is 1.39. The van der Waals surface area contributed by atoms with Gasteiger partial charge in [-0.25, -0.2) is 0 Å². The number of allylic oxidation sites excluding steroid dienone is 4. The third kappa shape index (κ3) is 11.2. The van der Waals surface area contributed by atoms with Gasteiger partial charge < -0.3 is 5.32 Å². The molecular formula is C28H33N. The van der Waals surface area contributed by atoms with Gasteiger partial charge in [0.15, 0.2) is 0 Å². The second-order valence-corrected chi connectivity index (χ2v) is 6.34. The van der Waals surface area contributed by atoms with Gasteiger partial charge in [0.25, 0.3) is 0 Å². The van der Waals surface area contributed by atoms with E-state index in [4.69, 9.17) is 0 Å². The van der Waals surface area contributed by atoms with E-state index in [0.29, 0.717) is 0 Å². The predicted molar refractivity (Wildman–Crippen MR) is 131 cm³/mol. The first-order valence-electron chi connectivity index (χ1n) is 9.98. The van der Waals surface area contributed by atoms with Crippen molar-refractivity contribution in [1.82, 2.24) is 0 Å². The smallest absolute Gasteiger partial charge is 0.0379 e. The molecule has 0 aromatic heterocycles. The third-order valence-electron chi connectivity index (χ3n) is 3.94. The molecule has 3 rings (SSSR count). The van der Waals surface area contributed by atoms with Crippen molar-refractivity contribution < 1.29 is 0 Å². The van der Waals surface area contributed by atoms with Crippen LogP contribution in [0.15, 0.2) is 122 Å². The lowest BCUT2D eigenvalue weighted by atomic mass is 10.0. The van der Waals surface area contributed by atoms with Crippen molar-refractivity contribution in [3.8, 4) is 11.1 Å². The van der Waals surface area contributed by atoms with Crippen LogP contribution in [0.25, 0.3) is 11.1 Å². The van der Waals surface area contributed by atoms with Gasteiger partial charge >= 0.3 is 0 Å². The fourth-order valence-electron chi connectivity index (χ4n) is 2.23. The van der Waals surface area contributed by atoms with E-state index in [0.717, 1.165) is 12.1 Å². The molecule has 0 amide bonds. The summed E-state index contributed by atoms with van der Waals surface area (Å²) in [5.74, 6) is 0. The van der Waals surface area contributed by atoms with Crippen LogP contribution >= 0.6 is 0 Å². The summed E-state index contributed by atoms with van der Waals surface area (Å²) < 4.78 is 0. The van der Waals surface area contributed by atoms with Crippen LogP contribution in [0.1, 0.15) is 25.8 Å². The lowest BCUT2D eigenvalue weighted by Gasteiger charge is -2.00. The molecule has 0 aliphatic rings. The van der Waals surface area contributed by atoms with E-state index in [-0.39, 0.29) is 0 Å². The summed E-state index contributed by atoms with van der Waals surface area (Å²) in [5, 5.41) is 3.15. The van der Waals surface area contributed by atoms with Gasteiger partial charge in [0, 0.05) is 5.69 Å². The molecule has 0 aliphatic carbocycles. The number of rotatable bonds is 5. The number of benzene rings is 3. The SMILES string of the molecule is C/C=C\C.C=CC/C=C/Nc1ccccc1.Cc1ccc(-c2ccccc2)cc1. The van der Waals surface area contributed by atoms with Crippen LogP contribution < -0.4 is 5.32 Å². The first-order chi connectivity index (χ1) is 14.2. The highest BCUT2D eigenvalue weighted by Gasteiger charge is 1.93. The Balaban J connectivity index is 0.000000247. The van der Waals surface area contributed by atoms with Crippen molar-refractivity contribution in [1.29, 1.82) is 0 Å². The Morgan fingerprint density at radius 2 is 1.24 bits per heavy atom. The molecule has 0 radical (unpaired) electrons. The van der Waals surface area contributed by atoms with Crippen LogP contribution in [0.5, 0.6) is 0 Å². The molecule has 0 fully saturated rings. The van der Waals surface area contributed by atoms with Crippen LogP contribution in [-0.2, 0) is 0 Å². The number of aryl methyl sites for hydroxylation is 1. The molecular weight excluding hydrogens is 350 g/mol. The Hall–Kier alpha value is -3.32. The molecule has 0 saturated heterocycles. The van der Waals surface area contributed by atoms with Crippen molar-refractivity contribution in [3.63, 3.8) is 0 Å². The van der Waals surface area contributed by atoms with Crippen LogP contribution in [0, 0.1) is 6.92 Å². The van der Waals surface area contributed by atoms with Crippen molar-refractivity contribution in [2.24, 2.45) is 0 Å². The molecule has 3 aromatic rings. The molecule has 0 saturated carbocycles. The van der Waals surface area contributed by atoms with Gasteiger partial charge in [-0.2, -0.15) is 0 Å². The van der Waals surface area contributed by atoms with Crippen LogP contribution in [0.3, 0.4) is 0 Å². The van der Waals surface area contributed by atoms with Crippen molar-refractivity contribution in [2.75, 3.05) is 5.32 Å². The number of anilines is 1. The topological polar surface area (TPSA) is 12.0 Å². The van der Waals surface area contributed by atoms with Gasteiger partial charge in [0.1, 0.15) is 0 Å². The molecule has 150 valence electrons. The highest BCUT2D eigenvalue weighted by molar-refractivity contribution is 5.63. The van der Waals surface area contributed by atoms with E-state index in [1.165, 1.54) is 16.7 Å². The normalized spacial score (nSPS) is 9.90. The average molecular weight is 384 g/mol. The molecule has 0 heterocycles. The fourth-order valence-corrected chi connectivity index (χ4v) is 2.23. The monoisotopic (exact) mass is 383 g/mol. The molecule has 1 heteroatoms. The van der Waals surface area contributed by atoms with E-state index in [1.54, 1.807) is 0 Å². The zero-order chi connectivity index (χ0) is 21.2. The van der Waals surface area contributed by atoms with E-state index in [9.17, 15) is 0 Å². The van der Waals surface area contributed by atoms with Crippen LogP contribution in [-0.4, -0.2) is 0 Å². The minimum Gasteiger partial charge on any atom is -0.362 e. The summed E-state index contributed by atoms with van der Waals surface area (Å²) in [7, 11) is 0. The van der Waals surface area contributed by atoms with Gasteiger partial charge in [-0.3, -0.25) is 0 Å². The fraction of sp³-hybridized carbons (Fsp3) is 0.143. The van der Waals surface area contributed by atoms with E-state index >= 15 is 0 Å². The summed E-state index contributed by atoms with van der Waals surface area (Å²) in [6, 6.07) is 29.1. The lowest BCUT2D eigenvalue weighted by Crippen LogP contribution is -1.84. The Morgan fingerprint density at radius 3 is 1.76 bits per heavy atom. The molecule has 1 N–H and O–H groups in total. The molecule has 1 nitrogen and oxygen atoms in total. The largest absolute Gasteiger partial charge is 0.362 e. The third-order valence-corrected chi connectivity index (χ3v) is 3.94. The van der Waals surface area contributed by atoms with Gasteiger partial charge in [0.05, 0.1) is 0 Å². The summed E-state index contributed by atoms with van der Waals surface area (Å²) in [6.07, 6.45) is 10.7. The quantitative estimate of drug-likeness (QED) is 0.436. The number of para-hydroxylation sites is 1. The summed E-state index contributed by atoms with van der Waals surface area (Å²) in [5.41, 5.74) is 4.98. The number of hydrogen-bond donors (Lipinski definition) is 1. The van der Waals surface area contributed by atoms with Crippen molar-refractivity contribution in [2.45, 2.75) is 27.2 Å². The first-order valence-corrected chi connectivity index (χ1v) is 9.98. The standard InChI is InChI=1S/C13H12.C11H13N.C4H8/c1-11-7-9-13(10-8-11)12-5-3-2-4-6-12;1-2-3-7-10-12-11-8-5-4-6-9-11;1-3-4-2/h2-10H,1H3;2,4-10,12H,1,3H2;3-4H,1-2H3/b;10-7+;4-3-. The minimum absolute atomic E-state index is 0.903. The maximum atomic E-state index is 3.63. The van der Waals surface area contributed by atoms with Gasteiger partial charge in [0.2, 0.25) is 0 Å². The second kappa shape index (κ2) is 15.7. The summed E-state index contributed by atoms with van der Waals surface area (Å²) in [6.45, 7) is 9.73.